The Morgan fingerprint density at radius 1 is 1.21 bits per heavy atom. The summed E-state index contributed by atoms with van der Waals surface area (Å²) in [6, 6.07) is 9.58. The van der Waals surface area contributed by atoms with Crippen LogP contribution in [0.4, 0.5) is 5.69 Å². The molecule has 1 amide bonds. The first-order valence-electron chi connectivity index (χ1n) is 8.47. The van der Waals surface area contributed by atoms with Gasteiger partial charge in [0.25, 0.3) is 11.6 Å². The lowest BCUT2D eigenvalue weighted by Gasteiger charge is -2.18. The number of nitrogens with one attached hydrogen (secondary N) is 1. The van der Waals surface area contributed by atoms with Crippen LogP contribution in [0.25, 0.3) is 0 Å². The molecule has 2 aromatic rings. The van der Waals surface area contributed by atoms with Crippen molar-refractivity contribution in [2.45, 2.75) is 19.1 Å². The lowest BCUT2D eigenvalue weighted by Crippen LogP contribution is -2.42. The lowest BCUT2D eigenvalue weighted by molar-refractivity contribution is -0.384. The quantitative estimate of drug-likeness (QED) is 0.338. The predicted octanol–water partition coefficient (Wildman–Crippen LogP) is 4.50. The predicted molar refractivity (Wildman–Crippen MR) is 114 cm³/mol. The zero-order valence-corrected chi connectivity index (χ0v) is 17.7. The highest BCUT2D eigenvalue weighted by Gasteiger charge is 2.24. The second-order valence-corrected chi connectivity index (χ2v) is 7.73. The summed E-state index contributed by atoms with van der Waals surface area (Å²) in [5, 5.41) is 13.8. The molecule has 0 bridgehead atoms. The normalized spacial score (nSPS) is 11.6. The Kier molecular flexibility index (Phi) is 8.75. The number of hydrogen-bond acceptors (Lipinski definition) is 6. The molecular weight excluding hydrogens is 439 g/mol. The van der Waals surface area contributed by atoms with Gasteiger partial charge >= 0.3 is 5.97 Å². The molecule has 0 heterocycles. The number of carbonyl (C=O) groups is 2. The topological polar surface area (TPSA) is 98.5 Å². The van der Waals surface area contributed by atoms with E-state index < -0.39 is 22.8 Å². The van der Waals surface area contributed by atoms with E-state index in [1.54, 1.807) is 24.3 Å². The molecule has 0 saturated carbocycles. The van der Waals surface area contributed by atoms with Gasteiger partial charge in [0.15, 0.2) is 0 Å². The lowest BCUT2D eigenvalue weighted by atomic mass is 10.1. The van der Waals surface area contributed by atoms with E-state index in [0.29, 0.717) is 22.8 Å². The van der Waals surface area contributed by atoms with Crippen molar-refractivity contribution in [3.05, 3.63) is 73.8 Å². The molecule has 0 saturated heterocycles. The summed E-state index contributed by atoms with van der Waals surface area (Å²) < 4.78 is 5.32. The van der Waals surface area contributed by atoms with E-state index in [4.69, 9.17) is 27.9 Å². The number of nitro benzene ring substituents is 1. The van der Waals surface area contributed by atoms with E-state index in [1.165, 1.54) is 23.9 Å². The molecular formula is C19H18Cl2N2O5S. The number of hydrogen-bond donors (Lipinski definition) is 1. The Bertz CT molecular complexity index is 910. The molecule has 2 aromatic carbocycles. The van der Waals surface area contributed by atoms with E-state index in [9.17, 15) is 19.7 Å². The largest absolute Gasteiger partial charge is 0.459 e. The number of rotatable bonds is 9. The van der Waals surface area contributed by atoms with Crippen LogP contribution in [0.1, 0.15) is 22.3 Å². The molecule has 0 aromatic heterocycles. The van der Waals surface area contributed by atoms with Crippen LogP contribution in [-0.2, 0) is 16.1 Å². The Labute approximate surface area is 181 Å². The van der Waals surface area contributed by atoms with E-state index >= 15 is 0 Å². The van der Waals surface area contributed by atoms with E-state index in [1.807, 2.05) is 6.26 Å². The molecule has 2 rings (SSSR count). The average Bonchev–Trinajstić information content (AvgIpc) is 2.69. The Hall–Kier alpha value is -2.29. The maximum atomic E-state index is 12.6. The van der Waals surface area contributed by atoms with Crippen LogP contribution in [0.2, 0.25) is 10.0 Å². The Morgan fingerprint density at radius 2 is 1.93 bits per heavy atom. The summed E-state index contributed by atoms with van der Waals surface area (Å²) in [5.74, 6) is -0.615. The zero-order valence-electron chi connectivity index (χ0n) is 15.4. The van der Waals surface area contributed by atoms with Gasteiger partial charge in [0, 0.05) is 22.7 Å². The Morgan fingerprint density at radius 3 is 2.55 bits per heavy atom. The molecule has 1 N–H and O–H groups in total. The van der Waals surface area contributed by atoms with Crippen molar-refractivity contribution in [2.24, 2.45) is 0 Å². The van der Waals surface area contributed by atoms with Gasteiger partial charge in [0.2, 0.25) is 0 Å². The van der Waals surface area contributed by atoms with Crippen LogP contribution in [0.15, 0.2) is 42.5 Å². The number of thioether (sulfide) groups is 1. The third kappa shape index (κ3) is 6.62. The van der Waals surface area contributed by atoms with Crippen LogP contribution in [0, 0.1) is 10.1 Å². The van der Waals surface area contributed by atoms with Crippen molar-refractivity contribution < 1.29 is 19.2 Å². The van der Waals surface area contributed by atoms with Crippen LogP contribution in [0.5, 0.6) is 0 Å². The molecule has 0 fully saturated rings. The van der Waals surface area contributed by atoms with Crippen molar-refractivity contribution >= 4 is 52.5 Å². The van der Waals surface area contributed by atoms with Gasteiger partial charge in [-0.3, -0.25) is 14.9 Å². The van der Waals surface area contributed by atoms with Crippen molar-refractivity contribution in [3.8, 4) is 0 Å². The van der Waals surface area contributed by atoms with Crippen molar-refractivity contribution in [1.82, 2.24) is 5.32 Å². The van der Waals surface area contributed by atoms with Gasteiger partial charge in [0.1, 0.15) is 12.6 Å². The van der Waals surface area contributed by atoms with Crippen molar-refractivity contribution in [1.29, 1.82) is 0 Å². The molecule has 0 aliphatic carbocycles. The van der Waals surface area contributed by atoms with Crippen LogP contribution in [-0.4, -0.2) is 34.9 Å². The molecule has 1 atom stereocenters. The highest BCUT2D eigenvalue weighted by atomic mass is 35.5. The summed E-state index contributed by atoms with van der Waals surface area (Å²) >= 11 is 13.6. The smallest absolute Gasteiger partial charge is 0.329 e. The highest BCUT2D eigenvalue weighted by molar-refractivity contribution is 7.98. The van der Waals surface area contributed by atoms with Crippen LogP contribution < -0.4 is 5.32 Å². The number of ether oxygens (including phenoxy) is 1. The number of halogens is 2. The fourth-order valence-corrected chi connectivity index (χ4v) is 3.31. The number of amides is 1. The standard InChI is InChI=1S/C19H18Cl2N2O5S/c1-29-9-8-17(19(25)28-11-12-4-2-3-5-15(12)20)22-18(24)14-7-6-13(23(26)27)10-16(14)21/h2-7,10,17H,8-9,11H2,1H3,(H,22,24)/t17-/m0/s1. The highest BCUT2D eigenvalue weighted by Crippen LogP contribution is 2.23. The molecule has 154 valence electrons. The molecule has 7 nitrogen and oxygen atoms in total. The minimum absolute atomic E-state index is 0.0254. The summed E-state index contributed by atoms with van der Waals surface area (Å²) in [6.07, 6.45) is 2.22. The first-order chi connectivity index (χ1) is 13.8. The van der Waals surface area contributed by atoms with Crippen molar-refractivity contribution in [2.75, 3.05) is 12.0 Å². The summed E-state index contributed by atoms with van der Waals surface area (Å²) in [5.41, 5.74) is 0.450. The first kappa shape index (κ1) is 23.0. The van der Waals surface area contributed by atoms with Gasteiger partial charge in [-0.05, 0) is 30.6 Å². The first-order valence-corrected chi connectivity index (χ1v) is 10.6. The molecule has 0 spiro atoms. The van der Waals surface area contributed by atoms with Gasteiger partial charge in [0.05, 0.1) is 15.5 Å². The molecule has 0 unspecified atom stereocenters. The number of esters is 1. The molecule has 0 aliphatic heterocycles. The number of benzene rings is 2. The summed E-state index contributed by atoms with van der Waals surface area (Å²) in [7, 11) is 0. The van der Waals surface area contributed by atoms with E-state index in [2.05, 4.69) is 5.32 Å². The molecule has 0 radical (unpaired) electrons. The third-order valence-corrected chi connectivity index (χ3v) is 5.26. The van der Waals surface area contributed by atoms with Gasteiger partial charge in [-0.2, -0.15) is 11.8 Å². The number of non-ortho nitro benzene ring substituents is 1. The fraction of sp³-hybridized carbons (Fsp3) is 0.263. The molecule has 29 heavy (non-hydrogen) atoms. The van der Waals surface area contributed by atoms with Crippen LogP contribution >= 0.6 is 35.0 Å². The second kappa shape index (κ2) is 11.0. The van der Waals surface area contributed by atoms with E-state index in [-0.39, 0.29) is 22.9 Å². The second-order valence-electron chi connectivity index (χ2n) is 5.93. The molecule has 10 heteroatoms. The zero-order chi connectivity index (χ0) is 21.4. The van der Waals surface area contributed by atoms with Gasteiger partial charge in [-0.15, -0.1) is 0 Å². The minimum atomic E-state index is -0.899. The van der Waals surface area contributed by atoms with Gasteiger partial charge in [-0.1, -0.05) is 41.4 Å². The number of carbonyl (C=O) groups excluding carboxylic acids is 2. The van der Waals surface area contributed by atoms with Crippen molar-refractivity contribution in [3.63, 3.8) is 0 Å². The number of nitro groups is 1. The number of nitrogens with zero attached hydrogens (tertiary/aromatic N) is 1. The van der Waals surface area contributed by atoms with E-state index in [0.717, 1.165) is 6.07 Å². The SMILES string of the molecule is CSCC[C@H](NC(=O)c1ccc([N+](=O)[O-])cc1Cl)C(=O)OCc1ccccc1Cl. The van der Waals surface area contributed by atoms with Gasteiger partial charge in [-0.25, -0.2) is 4.79 Å². The minimum Gasteiger partial charge on any atom is -0.459 e. The average molecular weight is 457 g/mol. The third-order valence-electron chi connectivity index (χ3n) is 3.94. The summed E-state index contributed by atoms with van der Waals surface area (Å²) in [4.78, 5) is 35.3. The maximum absolute atomic E-state index is 12.6. The molecule has 0 aliphatic rings. The maximum Gasteiger partial charge on any atom is 0.329 e. The fourth-order valence-electron chi connectivity index (χ4n) is 2.39. The monoisotopic (exact) mass is 456 g/mol. The summed E-state index contributed by atoms with van der Waals surface area (Å²) in [6.45, 7) is -0.0254. The van der Waals surface area contributed by atoms with Crippen LogP contribution in [0.3, 0.4) is 0 Å². The van der Waals surface area contributed by atoms with Gasteiger partial charge < -0.3 is 10.1 Å². The Balaban J connectivity index is 2.09.